The van der Waals surface area contributed by atoms with Crippen molar-refractivity contribution in [2.24, 2.45) is 11.8 Å². The van der Waals surface area contributed by atoms with Gasteiger partial charge in [0.25, 0.3) is 0 Å². The molecule has 90 valence electrons. The van der Waals surface area contributed by atoms with Crippen molar-refractivity contribution in [3.05, 3.63) is 0 Å². The van der Waals surface area contributed by atoms with E-state index in [-0.39, 0.29) is 30.7 Å². The van der Waals surface area contributed by atoms with Gasteiger partial charge in [-0.25, -0.2) is 0 Å². The molecule has 0 aromatic carbocycles. The molecule has 2 aliphatic rings. The summed E-state index contributed by atoms with van der Waals surface area (Å²) >= 11 is 0. The molecular weight excluding hydrogens is 208 g/mol. The van der Waals surface area contributed by atoms with Crippen molar-refractivity contribution in [3.63, 3.8) is 0 Å². The second-order valence-electron chi connectivity index (χ2n) is 4.75. The van der Waals surface area contributed by atoms with Crippen molar-refractivity contribution in [2.45, 2.75) is 51.7 Å². The number of carbonyl (C=O) groups is 2. The Kier molecular flexibility index (Phi) is 3.46. The monoisotopic (exact) mass is 226 g/mol. The van der Waals surface area contributed by atoms with Crippen LogP contribution < -0.4 is 0 Å². The summed E-state index contributed by atoms with van der Waals surface area (Å²) in [6.07, 6.45) is 4.37. The first-order chi connectivity index (χ1) is 7.66. The summed E-state index contributed by atoms with van der Waals surface area (Å²) in [4.78, 5) is 22.6. The number of rotatable bonds is 2. The quantitative estimate of drug-likeness (QED) is 0.676. The smallest absolute Gasteiger partial charge is 0.309 e. The fourth-order valence-corrected chi connectivity index (χ4v) is 2.53. The first-order valence-electron chi connectivity index (χ1n) is 6.06. The van der Waals surface area contributed by atoms with Crippen LogP contribution in [0.1, 0.15) is 45.4 Å². The summed E-state index contributed by atoms with van der Waals surface area (Å²) in [7, 11) is 0. The summed E-state index contributed by atoms with van der Waals surface area (Å²) in [6, 6.07) is 0. The first-order valence-corrected chi connectivity index (χ1v) is 6.06. The molecule has 16 heavy (non-hydrogen) atoms. The third kappa shape index (κ3) is 2.54. The minimum atomic E-state index is -0.661. The molecule has 2 fully saturated rings. The lowest BCUT2D eigenvalue weighted by Crippen LogP contribution is -2.31. The third-order valence-corrected chi connectivity index (χ3v) is 3.60. The molecule has 1 aliphatic heterocycles. The molecular formula is C12H18O4. The number of carbonyl (C=O) groups excluding carboxylic acids is 2. The van der Waals surface area contributed by atoms with E-state index in [0.717, 1.165) is 12.8 Å². The van der Waals surface area contributed by atoms with Gasteiger partial charge in [-0.2, -0.15) is 0 Å². The molecule has 1 atom stereocenters. The molecule has 2 rings (SSSR count). The summed E-state index contributed by atoms with van der Waals surface area (Å²) in [6.45, 7) is 2.01. The van der Waals surface area contributed by atoms with Crippen LogP contribution in [-0.2, 0) is 19.1 Å². The molecule has 0 bridgehead atoms. The van der Waals surface area contributed by atoms with E-state index in [1.807, 2.05) is 6.92 Å². The first kappa shape index (κ1) is 11.4. The summed E-state index contributed by atoms with van der Waals surface area (Å²) in [5.41, 5.74) is 0. The highest BCUT2D eigenvalue weighted by Gasteiger charge is 2.34. The molecule has 1 saturated carbocycles. The van der Waals surface area contributed by atoms with E-state index in [0.29, 0.717) is 5.92 Å². The van der Waals surface area contributed by atoms with Crippen molar-refractivity contribution >= 4 is 11.9 Å². The molecule has 0 radical (unpaired) electrons. The minimum absolute atomic E-state index is 0.119. The van der Waals surface area contributed by atoms with Crippen LogP contribution in [0, 0.1) is 11.8 Å². The van der Waals surface area contributed by atoms with Crippen molar-refractivity contribution < 1.29 is 19.1 Å². The molecule has 1 aliphatic carbocycles. The van der Waals surface area contributed by atoms with Gasteiger partial charge in [-0.3, -0.25) is 9.59 Å². The molecule has 0 spiro atoms. The largest absolute Gasteiger partial charge is 0.425 e. The second-order valence-corrected chi connectivity index (χ2v) is 4.75. The Labute approximate surface area is 95.3 Å². The van der Waals surface area contributed by atoms with E-state index in [9.17, 15) is 9.59 Å². The Hall–Kier alpha value is -1.06. The maximum Gasteiger partial charge on any atom is 0.309 e. The van der Waals surface area contributed by atoms with Crippen molar-refractivity contribution in [1.29, 1.82) is 0 Å². The Bertz CT molecular complexity index is 263. The van der Waals surface area contributed by atoms with E-state index in [4.69, 9.17) is 9.47 Å². The van der Waals surface area contributed by atoms with Gasteiger partial charge in [0.15, 0.2) is 0 Å². The highest BCUT2D eigenvalue weighted by atomic mass is 16.7. The lowest BCUT2D eigenvalue weighted by atomic mass is 9.92. The summed E-state index contributed by atoms with van der Waals surface area (Å²) < 4.78 is 10.3. The average molecular weight is 226 g/mol. The predicted octanol–water partition coefficient (Wildman–Crippen LogP) is 2.02. The fourth-order valence-electron chi connectivity index (χ4n) is 2.53. The zero-order valence-corrected chi connectivity index (χ0v) is 9.61. The third-order valence-electron chi connectivity index (χ3n) is 3.60. The molecule has 1 unspecified atom stereocenters. The Morgan fingerprint density at radius 2 is 1.56 bits per heavy atom. The second kappa shape index (κ2) is 4.85. The zero-order chi connectivity index (χ0) is 11.5. The van der Waals surface area contributed by atoms with Crippen molar-refractivity contribution in [3.8, 4) is 0 Å². The fraction of sp³-hybridized carbons (Fsp3) is 0.833. The summed E-state index contributed by atoms with van der Waals surface area (Å²) in [5, 5.41) is 0. The lowest BCUT2D eigenvalue weighted by Gasteiger charge is -2.26. The van der Waals surface area contributed by atoms with E-state index < -0.39 is 6.29 Å². The Morgan fingerprint density at radius 1 is 1.06 bits per heavy atom. The maximum atomic E-state index is 11.3. The van der Waals surface area contributed by atoms with Gasteiger partial charge >= 0.3 is 11.9 Å². The molecule has 0 aromatic rings. The van der Waals surface area contributed by atoms with E-state index >= 15 is 0 Å². The zero-order valence-electron chi connectivity index (χ0n) is 9.61. The van der Waals surface area contributed by atoms with Crippen LogP contribution in [0.4, 0.5) is 0 Å². The predicted molar refractivity (Wildman–Crippen MR) is 56.3 cm³/mol. The van der Waals surface area contributed by atoms with Gasteiger partial charge in [0, 0.05) is 5.92 Å². The average Bonchev–Trinajstić information content (AvgIpc) is 2.72. The van der Waals surface area contributed by atoms with Crippen LogP contribution in [-0.4, -0.2) is 18.2 Å². The Balaban J connectivity index is 1.99. The van der Waals surface area contributed by atoms with Crippen LogP contribution in [0.3, 0.4) is 0 Å². The van der Waals surface area contributed by atoms with Crippen molar-refractivity contribution in [1.82, 2.24) is 0 Å². The van der Waals surface area contributed by atoms with Gasteiger partial charge < -0.3 is 9.47 Å². The van der Waals surface area contributed by atoms with Crippen LogP contribution in [0.2, 0.25) is 0 Å². The van der Waals surface area contributed by atoms with Gasteiger partial charge in [0.1, 0.15) is 0 Å². The highest BCUT2D eigenvalue weighted by molar-refractivity contribution is 5.79. The van der Waals surface area contributed by atoms with E-state index in [2.05, 4.69) is 0 Å². The number of hydrogen-bond acceptors (Lipinski definition) is 4. The number of ether oxygens (including phenoxy) is 2. The van der Waals surface area contributed by atoms with Crippen LogP contribution in [0.15, 0.2) is 0 Å². The van der Waals surface area contributed by atoms with Gasteiger partial charge in [-0.15, -0.1) is 0 Å². The highest BCUT2D eigenvalue weighted by Crippen LogP contribution is 2.34. The molecule has 4 nitrogen and oxygen atoms in total. The van der Waals surface area contributed by atoms with Gasteiger partial charge in [0.05, 0.1) is 12.8 Å². The molecule has 0 N–H and O–H groups in total. The normalized spacial score (nSPS) is 26.1. The topological polar surface area (TPSA) is 52.6 Å². The number of cyclic esters (lactones) is 2. The van der Waals surface area contributed by atoms with Gasteiger partial charge in [-0.05, 0) is 18.8 Å². The van der Waals surface area contributed by atoms with Crippen LogP contribution in [0.5, 0.6) is 0 Å². The van der Waals surface area contributed by atoms with E-state index in [1.54, 1.807) is 0 Å². The SMILES string of the molecule is CC(C1CCCC1)C1OC(=O)CCC(=O)O1. The molecule has 0 amide bonds. The minimum Gasteiger partial charge on any atom is -0.425 e. The number of hydrogen-bond donors (Lipinski definition) is 0. The van der Waals surface area contributed by atoms with Crippen LogP contribution in [0.25, 0.3) is 0 Å². The van der Waals surface area contributed by atoms with Gasteiger partial charge in [0.2, 0.25) is 6.29 Å². The van der Waals surface area contributed by atoms with Crippen LogP contribution >= 0.6 is 0 Å². The number of esters is 2. The lowest BCUT2D eigenvalue weighted by molar-refractivity contribution is -0.193. The molecule has 0 aromatic heterocycles. The standard InChI is InChI=1S/C12H18O4/c1-8(9-4-2-3-5-9)12-15-10(13)6-7-11(14)16-12/h8-9,12H,2-7H2,1H3. The summed E-state index contributed by atoms with van der Waals surface area (Å²) in [5.74, 6) is -0.00130. The van der Waals surface area contributed by atoms with Gasteiger partial charge in [-0.1, -0.05) is 19.8 Å². The molecule has 1 heterocycles. The molecule has 4 heteroatoms. The Morgan fingerprint density at radius 3 is 2.06 bits per heavy atom. The molecule has 1 saturated heterocycles. The van der Waals surface area contributed by atoms with E-state index in [1.165, 1.54) is 12.8 Å². The maximum absolute atomic E-state index is 11.3. The van der Waals surface area contributed by atoms with Crippen molar-refractivity contribution in [2.75, 3.05) is 0 Å².